The molecule has 2 aromatic rings. The number of thiocarbonyl (C=S) groups is 1. The first-order valence-electron chi connectivity index (χ1n) is 9.15. The third-order valence-corrected chi connectivity index (χ3v) is 5.90. The molecule has 0 aliphatic carbocycles. The number of amides is 1. The summed E-state index contributed by atoms with van der Waals surface area (Å²) < 4.78 is 5.65. The number of carbonyl (C=O) groups excluding carboxylic acids is 1. The Kier molecular flexibility index (Phi) is 6.75. The molecule has 0 saturated carbocycles. The summed E-state index contributed by atoms with van der Waals surface area (Å²) >= 11 is 6.00. The zero-order chi connectivity index (χ0) is 23.6. The summed E-state index contributed by atoms with van der Waals surface area (Å²) in [5.74, 6) is -2.80. The lowest BCUT2D eigenvalue weighted by molar-refractivity contribution is -0.384. The second-order valence-electron chi connectivity index (χ2n) is 6.82. The molecule has 1 amide bonds. The molecule has 0 radical (unpaired) electrons. The molecule has 1 atom stereocenters. The lowest BCUT2D eigenvalue weighted by Crippen LogP contribution is -2.44. The van der Waals surface area contributed by atoms with Crippen LogP contribution in [-0.2, 0) is 14.4 Å². The van der Waals surface area contributed by atoms with E-state index in [1.54, 1.807) is 19.1 Å². The van der Waals surface area contributed by atoms with Crippen LogP contribution in [0.15, 0.2) is 39.7 Å². The SMILES string of the molecule is Cc1ccc(-c2ccc(/C=C3\SC(=S)N([C@H](CCC(=O)O)C(=O)O)C3=O)o2)c([N+](=O)[O-])c1. The molecule has 12 heteroatoms. The minimum atomic E-state index is -1.41. The van der Waals surface area contributed by atoms with Crippen molar-refractivity contribution < 1.29 is 33.9 Å². The van der Waals surface area contributed by atoms with Crippen molar-refractivity contribution in [2.75, 3.05) is 0 Å². The predicted octanol–water partition coefficient (Wildman–Crippen LogP) is 3.68. The smallest absolute Gasteiger partial charge is 0.326 e. The van der Waals surface area contributed by atoms with Crippen LogP contribution in [0.25, 0.3) is 17.4 Å². The molecule has 1 aliphatic heterocycles. The first kappa shape index (κ1) is 23.2. The minimum absolute atomic E-state index is 0.0139. The fraction of sp³-hybridized carbons (Fsp3) is 0.200. The first-order chi connectivity index (χ1) is 15.1. The Balaban J connectivity index is 1.88. The van der Waals surface area contributed by atoms with Crippen LogP contribution in [-0.4, -0.2) is 48.2 Å². The maximum atomic E-state index is 12.8. The van der Waals surface area contributed by atoms with Gasteiger partial charge in [0.2, 0.25) is 0 Å². The molecule has 0 spiro atoms. The van der Waals surface area contributed by atoms with Crippen LogP contribution >= 0.6 is 24.0 Å². The van der Waals surface area contributed by atoms with Gasteiger partial charge in [0.05, 0.1) is 15.4 Å². The summed E-state index contributed by atoms with van der Waals surface area (Å²) in [5, 5.41) is 29.6. The zero-order valence-electron chi connectivity index (χ0n) is 16.5. The average Bonchev–Trinajstić information content (AvgIpc) is 3.27. The van der Waals surface area contributed by atoms with Crippen molar-refractivity contribution >= 4 is 57.9 Å². The molecule has 2 N–H and O–H groups in total. The minimum Gasteiger partial charge on any atom is -0.481 e. The van der Waals surface area contributed by atoms with Crippen LogP contribution in [0.4, 0.5) is 5.69 Å². The van der Waals surface area contributed by atoms with E-state index in [1.165, 1.54) is 24.3 Å². The van der Waals surface area contributed by atoms with Gasteiger partial charge in [0, 0.05) is 18.6 Å². The molecule has 166 valence electrons. The number of nitro groups is 1. The van der Waals surface area contributed by atoms with Crippen LogP contribution in [0.1, 0.15) is 24.2 Å². The second kappa shape index (κ2) is 9.32. The lowest BCUT2D eigenvalue weighted by atomic mass is 10.1. The average molecular weight is 476 g/mol. The summed E-state index contributed by atoms with van der Waals surface area (Å²) in [5.41, 5.74) is 0.860. The van der Waals surface area contributed by atoms with Gasteiger partial charge in [-0.15, -0.1) is 0 Å². The van der Waals surface area contributed by atoms with E-state index in [1.807, 2.05) is 0 Å². The molecule has 1 saturated heterocycles. The van der Waals surface area contributed by atoms with Crippen molar-refractivity contribution in [2.24, 2.45) is 0 Å². The number of nitrogens with zero attached hydrogens (tertiary/aromatic N) is 2. The van der Waals surface area contributed by atoms with Crippen LogP contribution < -0.4 is 0 Å². The van der Waals surface area contributed by atoms with Gasteiger partial charge in [0.1, 0.15) is 21.9 Å². The maximum absolute atomic E-state index is 12.8. The molecule has 10 nitrogen and oxygen atoms in total. The number of benzene rings is 1. The summed E-state index contributed by atoms with van der Waals surface area (Å²) in [6.07, 6.45) is 0.620. The highest BCUT2D eigenvalue weighted by atomic mass is 32.2. The number of carbonyl (C=O) groups is 3. The van der Waals surface area contributed by atoms with Gasteiger partial charge in [0.25, 0.3) is 11.6 Å². The topological polar surface area (TPSA) is 151 Å². The van der Waals surface area contributed by atoms with Crippen LogP contribution in [0.5, 0.6) is 0 Å². The summed E-state index contributed by atoms with van der Waals surface area (Å²) in [4.78, 5) is 47.0. The van der Waals surface area contributed by atoms with Crippen molar-refractivity contribution in [2.45, 2.75) is 25.8 Å². The number of nitro benzene ring substituents is 1. The number of hydrogen-bond donors (Lipinski definition) is 2. The standard InChI is InChI=1S/C20H16N2O8S2/c1-10-2-4-12(14(8-10)22(28)29)15-6-3-11(30-15)9-16-18(25)21(20(31)32-16)13(19(26)27)5-7-17(23)24/h2-4,6,8-9,13H,5,7H2,1H3,(H,23,24)(H,26,27)/b16-9-/t13-/m1/s1. The Labute approximate surface area is 190 Å². The van der Waals surface area contributed by atoms with E-state index in [4.69, 9.17) is 21.7 Å². The molecule has 2 heterocycles. The largest absolute Gasteiger partial charge is 0.481 e. The first-order valence-corrected chi connectivity index (χ1v) is 10.4. The lowest BCUT2D eigenvalue weighted by Gasteiger charge is -2.22. The Hall–Kier alpha value is -3.51. The van der Waals surface area contributed by atoms with E-state index < -0.39 is 35.2 Å². The fourth-order valence-corrected chi connectivity index (χ4v) is 4.41. The van der Waals surface area contributed by atoms with Gasteiger partial charge in [-0.3, -0.25) is 24.6 Å². The number of hydrogen-bond acceptors (Lipinski definition) is 8. The number of rotatable bonds is 8. The summed E-state index contributed by atoms with van der Waals surface area (Å²) in [7, 11) is 0. The highest BCUT2D eigenvalue weighted by Gasteiger charge is 2.40. The Bertz CT molecular complexity index is 1170. The van der Waals surface area contributed by atoms with Crippen LogP contribution in [0.3, 0.4) is 0 Å². The molecule has 1 aliphatic rings. The van der Waals surface area contributed by atoms with Gasteiger partial charge < -0.3 is 14.6 Å². The number of furan rings is 1. The van der Waals surface area contributed by atoms with E-state index in [2.05, 4.69) is 0 Å². The Morgan fingerprint density at radius 3 is 2.66 bits per heavy atom. The normalized spacial score (nSPS) is 15.9. The Morgan fingerprint density at radius 2 is 2.03 bits per heavy atom. The van der Waals surface area contributed by atoms with Gasteiger partial charge in [-0.25, -0.2) is 4.79 Å². The van der Waals surface area contributed by atoms with Gasteiger partial charge in [0.15, 0.2) is 0 Å². The molecule has 0 unspecified atom stereocenters. The number of carboxylic acid groups (broad SMARTS) is 2. The zero-order valence-corrected chi connectivity index (χ0v) is 18.1. The highest BCUT2D eigenvalue weighted by molar-refractivity contribution is 8.26. The molecule has 1 aromatic carbocycles. The van der Waals surface area contributed by atoms with Gasteiger partial charge >= 0.3 is 11.9 Å². The van der Waals surface area contributed by atoms with Crippen molar-refractivity contribution in [1.29, 1.82) is 0 Å². The van der Waals surface area contributed by atoms with Crippen molar-refractivity contribution in [1.82, 2.24) is 4.90 Å². The highest BCUT2D eigenvalue weighted by Crippen LogP contribution is 2.37. The monoisotopic (exact) mass is 476 g/mol. The number of aryl methyl sites for hydroxylation is 1. The molecular formula is C20H16N2O8S2. The molecule has 1 fully saturated rings. The third-order valence-electron chi connectivity index (χ3n) is 4.57. The van der Waals surface area contributed by atoms with Crippen molar-refractivity contribution in [3.63, 3.8) is 0 Å². The fourth-order valence-electron chi connectivity index (χ4n) is 3.08. The van der Waals surface area contributed by atoms with Crippen molar-refractivity contribution in [3.8, 4) is 11.3 Å². The number of thioether (sulfide) groups is 1. The number of carboxylic acids is 2. The summed E-state index contributed by atoms with van der Waals surface area (Å²) in [6, 6.07) is 6.33. The molecular weight excluding hydrogens is 460 g/mol. The van der Waals surface area contributed by atoms with E-state index in [0.29, 0.717) is 5.56 Å². The van der Waals surface area contributed by atoms with E-state index in [9.17, 15) is 29.6 Å². The molecule has 1 aromatic heterocycles. The number of aliphatic carboxylic acids is 2. The second-order valence-corrected chi connectivity index (χ2v) is 8.49. The van der Waals surface area contributed by atoms with Crippen molar-refractivity contribution in [3.05, 3.63) is 56.7 Å². The van der Waals surface area contributed by atoms with Gasteiger partial charge in [-0.2, -0.15) is 0 Å². The third kappa shape index (κ3) is 4.86. The van der Waals surface area contributed by atoms with Crippen LogP contribution in [0, 0.1) is 17.0 Å². The Morgan fingerprint density at radius 1 is 1.31 bits per heavy atom. The molecule has 3 rings (SSSR count). The van der Waals surface area contributed by atoms with E-state index >= 15 is 0 Å². The maximum Gasteiger partial charge on any atom is 0.326 e. The molecule has 32 heavy (non-hydrogen) atoms. The van der Waals surface area contributed by atoms with E-state index in [0.717, 1.165) is 16.7 Å². The molecule has 0 bridgehead atoms. The summed E-state index contributed by atoms with van der Waals surface area (Å²) in [6.45, 7) is 1.73. The van der Waals surface area contributed by atoms with Gasteiger partial charge in [-0.05, 0) is 37.1 Å². The predicted molar refractivity (Wildman–Crippen MR) is 119 cm³/mol. The van der Waals surface area contributed by atoms with E-state index in [-0.39, 0.29) is 38.4 Å². The quantitative estimate of drug-likeness (QED) is 0.250. The van der Waals surface area contributed by atoms with Gasteiger partial charge in [-0.1, -0.05) is 30.0 Å². The van der Waals surface area contributed by atoms with Crippen LogP contribution in [0.2, 0.25) is 0 Å².